The van der Waals surface area contributed by atoms with Crippen LogP contribution >= 0.6 is 11.6 Å². The number of nitrogens with one attached hydrogen (secondary N) is 2. The monoisotopic (exact) mass is 492 g/mol. The zero-order valence-corrected chi connectivity index (χ0v) is 19.3. The highest BCUT2D eigenvalue weighted by molar-refractivity contribution is 6.30. The first-order valence-corrected chi connectivity index (χ1v) is 11.0. The Morgan fingerprint density at radius 2 is 1.94 bits per heavy atom. The topological polar surface area (TPSA) is 126 Å². The van der Waals surface area contributed by atoms with Crippen LogP contribution in [-0.4, -0.2) is 26.0 Å². The number of nitrogens with two attached hydrogens (primary N) is 1. The predicted octanol–water partition coefficient (Wildman–Crippen LogP) is 4.55. The third-order valence-electron chi connectivity index (χ3n) is 5.21. The smallest absolute Gasteiger partial charge is 0.226 e. The molecule has 0 atom stereocenters. The van der Waals surface area contributed by atoms with Crippen LogP contribution in [0.3, 0.4) is 0 Å². The molecular formula is C25H22ClFN6O2. The maximum absolute atomic E-state index is 13.4. The molecule has 5 N–H and O–H groups in total. The van der Waals surface area contributed by atoms with Gasteiger partial charge in [-0.05, 0) is 42.5 Å². The van der Waals surface area contributed by atoms with Gasteiger partial charge in [0, 0.05) is 58.2 Å². The first-order chi connectivity index (χ1) is 16.9. The Labute approximate surface area is 206 Å². The van der Waals surface area contributed by atoms with Crippen molar-refractivity contribution in [1.82, 2.24) is 20.3 Å². The van der Waals surface area contributed by atoms with Gasteiger partial charge in [-0.15, -0.1) is 0 Å². The van der Waals surface area contributed by atoms with Gasteiger partial charge in [0.1, 0.15) is 18.2 Å². The van der Waals surface area contributed by atoms with Gasteiger partial charge in [-0.3, -0.25) is 14.8 Å². The molecule has 0 fully saturated rings. The number of halogens is 2. The number of pyridine rings is 1. The van der Waals surface area contributed by atoms with E-state index in [4.69, 9.17) is 17.3 Å². The molecule has 0 aliphatic carbocycles. The Balaban J connectivity index is 1.48. The van der Waals surface area contributed by atoms with Crippen molar-refractivity contribution in [2.24, 2.45) is 0 Å². The maximum Gasteiger partial charge on any atom is 0.226 e. The second kappa shape index (κ2) is 10.8. The van der Waals surface area contributed by atoms with Crippen LogP contribution in [0.1, 0.15) is 16.8 Å². The molecule has 4 aromatic rings. The zero-order chi connectivity index (χ0) is 24.8. The molecule has 0 bridgehead atoms. The van der Waals surface area contributed by atoms with Crippen LogP contribution in [0.15, 0.2) is 67.1 Å². The van der Waals surface area contributed by atoms with Crippen molar-refractivity contribution in [2.45, 2.75) is 19.6 Å². The van der Waals surface area contributed by atoms with E-state index >= 15 is 0 Å². The lowest BCUT2D eigenvalue weighted by Gasteiger charge is -2.14. The van der Waals surface area contributed by atoms with E-state index in [1.807, 2.05) is 0 Å². The quantitative estimate of drug-likeness (QED) is 0.266. The number of carbonyl (C=O) groups is 1. The summed E-state index contributed by atoms with van der Waals surface area (Å²) in [7, 11) is 0. The average molecular weight is 493 g/mol. The summed E-state index contributed by atoms with van der Waals surface area (Å²) >= 11 is 5.95. The molecule has 0 spiro atoms. The number of nitrogens with zero attached hydrogens (tertiary/aromatic N) is 3. The molecule has 2 aromatic carbocycles. The molecule has 1 amide bonds. The fraction of sp³-hybridized carbons (Fsp3) is 0.120. The molecule has 0 saturated carbocycles. The van der Waals surface area contributed by atoms with Crippen molar-refractivity contribution in [2.75, 3.05) is 11.1 Å². The number of anilines is 3. The second-order valence-electron chi connectivity index (χ2n) is 7.68. The van der Waals surface area contributed by atoms with Crippen LogP contribution in [-0.2, 0) is 24.4 Å². The maximum atomic E-state index is 13.4. The summed E-state index contributed by atoms with van der Waals surface area (Å²) in [6.45, 7) is -0.489. The number of phenols is 1. The van der Waals surface area contributed by atoms with E-state index in [1.54, 1.807) is 42.5 Å². The summed E-state index contributed by atoms with van der Waals surface area (Å²) in [5.41, 5.74) is 9.80. The third-order valence-corrected chi connectivity index (χ3v) is 5.44. The molecule has 0 unspecified atom stereocenters. The molecule has 0 saturated heterocycles. The number of amides is 1. The minimum Gasteiger partial charge on any atom is -0.507 e. The van der Waals surface area contributed by atoms with Crippen LogP contribution in [0.2, 0.25) is 5.02 Å². The van der Waals surface area contributed by atoms with E-state index in [-0.39, 0.29) is 30.4 Å². The molecule has 2 heterocycles. The lowest BCUT2D eigenvalue weighted by molar-refractivity contribution is -0.120. The number of nitrogen functional groups attached to an aromatic ring is 1. The normalized spacial score (nSPS) is 10.7. The third kappa shape index (κ3) is 6.01. The van der Waals surface area contributed by atoms with E-state index in [1.165, 1.54) is 24.7 Å². The van der Waals surface area contributed by atoms with Crippen LogP contribution in [0.25, 0.3) is 11.3 Å². The molecule has 35 heavy (non-hydrogen) atoms. The standard InChI is InChI=1S/C25H22ClFN6O2/c26-17-2-5-21(16(9-17)12-27)32-18-3-6-23(34)20(10-18)22-4-1-15(25(28)33-22)13-31-24(35)11-19-14-29-7-8-30-19/h1-10,14,32,34H,11-13H2,(H2,28,33)(H,31,35). The lowest BCUT2D eigenvalue weighted by Crippen LogP contribution is -2.25. The van der Waals surface area contributed by atoms with Gasteiger partial charge in [-0.25, -0.2) is 9.37 Å². The molecule has 178 valence electrons. The molecule has 0 aliphatic rings. The summed E-state index contributed by atoms with van der Waals surface area (Å²) in [4.78, 5) is 24.6. The molecule has 4 rings (SSSR count). The minimum atomic E-state index is -0.678. The number of aromatic hydroxyl groups is 1. The van der Waals surface area contributed by atoms with Gasteiger partial charge in [0.25, 0.3) is 0 Å². The first kappa shape index (κ1) is 23.9. The van der Waals surface area contributed by atoms with Crippen molar-refractivity contribution in [3.63, 3.8) is 0 Å². The number of phenolic OH excluding ortho intramolecular Hbond substituents is 1. The molecular weight excluding hydrogens is 471 g/mol. The number of aromatic nitrogens is 3. The van der Waals surface area contributed by atoms with Crippen LogP contribution < -0.4 is 16.4 Å². The van der Waals surface area contributed by atoms with Crippen molar-refractivity contribution in [3.8, 4) is 17.0 Å². The summed E-state index contributed by atoms with van der Waals surface area (Å²) in [5, 5.41) is 16.8. The van der Waals surface area contributed by atoms with Gasteiger partial charge < -0.3 is 21.5 Å². The summed E-state index contributed by atoms with van der Waals surface area (Å²) in [6.07, 6.45) is 4.70. The van der Waals surface area contributed by atoms with Gasteiger partial charge in [-0.1, -0.05) is 17.7 Å². The van der Waals surface area contributed by atoms with E-state index in [9.17, 15) is 14.3 Å². The Morgan fingerprint density at radius 1 is 1.09 bits per heavy atom. The van der Waals surface area contributed by atoms with E-state index in [0.717, 1.165) is 0 Å². The predicted molar refractivity (Wildman–Crippen MR) is 133 cm³/mol. The van der Waals surface area contributed by atoms with Gasteiger partial charge >= 0.3 is 0 Å². The Morgan fingerprint density at radius 3 is 2.69 bits per heavy atom. The lowest BCUT2D eigenvalue weighted by atomic mass is 10.1. The highest BCUT2D eigenvalue weighted by Crippen LogP contribution is 2.33. The number of hydrogen-bond donors (Lipinski definition) is 4. The SMILES string of the molecule is Nc1nc(-c2cc(Nc3ccc(Cl)cc3CF)ccc2O)ccc1CNC(=O)Cc1cnccn1. The van der Waals surface area contributed by atoms with Crippen molar-refractivity contribution >= 4 is 34.7 Å². The van der Waals surface area contributed by atoms with Crippen molar-refractivity contribution < 1.29 is 14.3 Å². The van der Waals surface area contributed by atoms with Crippen molar-refractivity contribution in [1.29, 1.82) is 0 Å². The van der Waals surface area contributed by atoms with Crippen LogP contribution in [0.4, 0.5) is 21.6 Å². The highest BCUT2D eigenvalue weighted by atomic mass is 35.5. The number of rotatable bonds is 8. The average Bonchev–Trinajstić information content (AvgIpc) is 2.86. The zero-order valence-electron chi connectivity index (χ0n) is 18.5. The molecule has 0 aliphatic heterocycles. The number of carbonyl (C=O) groups excluding carboxylic acids is 1. The van der Waals surface area contributed by atoms with E-state index < -0.39 is 6.67 Å². The van der Waals surface area contributed by atoms with Gasteiger partial charge in [0.15, 0.2) is 0 Å². The van der Waals surface area contributed by atoms with E-state index in [2.05, 4.69) is 25.6 Å². The minimum absolute atomic E-state index is 0.00861. The van der Waals surface area contributed by atoms with Crippen LogP contribution in [0.5, 0.6) is 5.75 Å². The highest BCUT2D eigenvalue weighted by Gasteiger charge is 2.12. The Hall–Kier alpha value is -4.24. The molecule has 8 nitrogen and oxygen atoms in total. The van der Waals surface area contributed by atoms with E-state index in [0.29, 0.717) is 44.5 Å². The van der Waals surface area contributed by atoms with Gasteiger partial charge in [-0.2, -0.15) is 0 Å². The number of hydrogen-bond acceptors (Lipinski definition) is 7. The van der Waals surface area contributed by atoms with Gasteiger partial charge in [0.2, 0.25) is 5.91 Å². The first-order valence-electron chi connectivity index (χ1n) is 10.6. The molecule has 0 radical (unpaired) electrons. The fourth-order valence-electron chi connectivity index (χ4n) is 3.41. The molecule has 10 heteroatoms. The summed E-state index contributed by atoms with van der Waals surface area (Å²) < 4.78 is 13.4. The largest absolute Gasteiger partial charge is 0.507 e. The van der Waals surface area contributed by atoms with Gasteiger partial charge in [0.05, 0.1) is 17.8 Å². The number of alkyl halides is 1. The Bertz CT molecular complexity index is 1350. The fourth-order valence-corrected chi connectivity index (χ4v) is 3.61. The summed E-state index contributed by atoms with van der Waals surface area (Å²) in [5.74, 6) is 0.00650. The number of benzene rings is 2. The van der Waals surface area contributed by atoms with Crippen LogP contribution in [0, 0.1) is 0 Å². The Kier molecular flexibility index (Phi) is 7.37. The second-order valence-corrected chi connectivity index (χ2v) is 8.12. The molecule has 2 aromatic heterocycles. The summed E-state index contributed by atoms with van der Waals surface area (Å²) in [6, 6.07) is 13.2. The van der Waals surface area contributed by atoms with Crippen molar-refractivity contribution in [3.05, 3.63) is 89.0 Å².